The molecule has 1 saturated heterocycles. The second-order valence-electron chi connectivity index (χ2n) is 6.71. The van der Waals surface area contributed by atoms with Gasteiger partial charge in [0.2, 0.25) is 0 Å². The molecule has 1 heterocycles. The third-order valence-electron chi connectivity index (χ3n) is 4.21. The molecule has 0 bridgehead atoms. The maximum absolute atomic E-state index is 6.50. The Kier molecular flexibility index (Phi) is 5.11. The minimum absolute atomic E-state index is 0.0867. The number of hydrogen-bond donors (Lipinski definition) is 1. The summed E-state index contributed by atoms with van der Waals surface area (Å²) in [6.45, 7) is 8.33. The Morgan fingerprint density at radius 2 is 1.90 bits per heavy atom. The summed E-state index contributed by atoms with van der Waals surface area (Å²) in [4.78, 5) is 0. The summed E-state index contributed by atoms with van der Waals surface area (Å²) in [6, 6.07) is 6.91. The molecule has 1 fully saturated rings. The Balaban J connectivity index is 2.24. The van der Waals surface area contributed by atoms with Gasteiger partial charge in [-0.15, -0.1) is 0 Å². The Labute approximate surface area is 127 Å². The molecule has 1 aromatic carbocycles. The number of benzene rings is 1. The molecule has 3 heteroatoms. The van der Waals surface area contributed by atoms with Gasteiger partial charge in [0.15, 0.2) is 0 Å². The molecule has 0 aliphatic carbocycles. The zero-order valence-corrected chi connectivity index (χ0v) is 13.8. The van der Waals surface area contributed by atoms with Crippen molar-refractivity contribution in [1.29, 1.82) is 0 Å². The Bertz CT molecular complexity index is 447. The average Bonchev–Trinajstić information content (AvgIpc) is 2.39. The van der Waals surface area contributed by atoms with Crippen molar-refractivity contribution in [3.8, 4) is 0 Å². The Morgan fingerprint density at radius 3 is 2.40 bits per heavy atom. The second-order valence-corrected chi connectivity index (χ2v) is 7.11. The highest BCUT2D eigenvalue weighted by Crippen LogP contribution is 2.35. The predicted octanol–water partition coefficient (Wildman–Crippen LogP) is 4.32. The van der Waals surface area contributed by atoms with E-state index >= 15 is 0 Å². The molecule has 0 spiro atoms. The summed E-state index contributed by atoms with van der Waals surface area (Å²) in [6.07, 6.45) is 2.23. The molecule has 112 valence electrons. The molecule has 1 aliphatic heterocycles. The topological polar surface area (TPSA) is 21.3 Å². The van der Waals surface area contributed by atoms with Gasteiger partial charge < -0.3 is 10.1 Å². The van der Waals surface area contributed by atoms with Crippen molar-refractivity contribution in [1.82, 2.24) is 5.32 Å². The van der Waals surface area contributed by atoms with Crippen molar-refractivity contribution in [2.75, 3.05) is 20.3 Å². The molecule has 0 aromatic heterocycles. The van der Waals surface area contributed by atoms with Crippen LogP contribution in [0, 0.1) is 5.92 Å². The fourth-order valence-electron chi connectivity index (χ4n) is 3.06. The Hall–Kier alpha value is -0.570. The van der Waals surface area contributed by atoms with Crippen molar-refractivity contribution in [3.05, 3.63) is 34.3 Å². The highest BCUT2D eigenvalue weighted by atomic mass is 35.5. The Morgan fingerprint density at radius 1 is 1.25 bits per heavy atom. The summed E-state index contributed by atoms with van der Waals surface area (Å²) < 4.78 is 5.46. The molecule has 0 saturated carbocycles. The van der Waals surface area contributed by atoms with Crippen LogP contribution in [0.1, 0.15) is 50.8 Å². The summed E-state index contributed by atoms with van der Waals surface area (Å²) in [7, 11) is 2.03. The summed E-state index contributed by atoms with van der Waals surface area (Å²) in [5.41, 5.74) is 2.59. The van der Waals surface area contributed by atoms with E-state index in [1.54, 1.807) is 0 Å². The van der Waals surface area contributed by atoms with Crippen molar-refractivity contribution < 1.29 is 4.74 Å². The van der Waals surface area contributed by atoms with Crippen LogP contribution in [0.25, 0.3) is 0 Å². The number of halogens is 1. The van der Waals surface area contributed by atoms with Crippen LogP contribution in [-0.2, 0) is 10.2 Å². The van der Waals surface area contributed by atoms with E-state index in [1.807, 2.05) is 7.05 Å². The van der Waals surface area contributed by atoms with Gasteiger partial charge in [-0.1, -0.05) is 44.5 Å². The molecule has 1 aliphatic rings. The van der Waals surface area contributed by atoms with Gasteiger partial charge in [-0.25, -0.2) is 0 Å². The van der Waals surface area contributed by atoms with E-state index in [4.69, 9.17) is 16.3 Å². The van der Waals surface area contributed by atoms with E-state index < -0.39 is 0 Å². The van der Waals surface area contributed by atoms with Gasteiger partial charge in [-0.3, -0.25) is 0 Å². The molecular weight excluding hydrogens is 270 g/mol. The van der Waals surface area contributed by atoms with E-state index in [-0.39, 0.29) is 5.41 Å². The van der Waals surface area contributed by atoms with Crippen LogP contribution < -0.4 is 5.32 Å². The van der Waals surface area contributed by atoms with E-state index in [0.29, 0.717) is 12.0 Å². The molecule has 1 atom stereocenters. The number of ether oxygens (including phenoxy) is 1. The van der Waals surface area contributed by atoms with Crippen molar-refractivity contribution in [2.24, 2.45) is 5.92 Å². The van der Waals surface area contributed by atoms with E-state index in [1.165, 1.54) is 11.1 Å². The van der Waals surface area contributed by atoms with Crippen LogP contribution in [0.3, 0.4) is 0 Å². The SMILES string of the molecule is CNC(c1ccc(C(C)(C)C)c(Cl)c1)C1CCOCC1. The first-order valence-electron chi connectivity index (χ1n) is 7.48. The molecule has 0 radical (unpaired) electrons. The van der Waals surface area contributed by atoms with Crippen molar-refractivity contribution in [3.63, 3.8) is 0 Å². The van der Waals surface area contributed by atoms with Gasteiger partial charge in [0.25, 0.3) is 0 Å². The van der Waals surface area contributed by atoms with Gasteiger partial charge in [-0.2, -0.15) is 0 Å². The first kappa shape index (κ1) is 15.8. The lowest BCUT2D eigenvalue weighted by atomic mass is 9.83. The van der Waals surface area contributed by atoms with Crippen LogP contribution in [0.2, 0.25) is 5.02 Å². The van der Waals surface area contributed by atoms with Gasteiger partial charge >= 0.3 is 0 Å². The smallest absolute Gasteiger partial charge is 0.0469 e. The van der Waals surface area contributed by atoms with Crippen LogP contribution in [-0.4, -0.2) is 20.3 Å². The number of nitrogens with one attached hydrogen (secondary N) is 1. The molecular formula is C17H26ClNO. The highest BCUT2D eigenvalue weighted by molar-refractivity contribution is 6.31. The van der Waals surface area contributed by atoms with Crippen molar-refractivity contribution >= 4 is 11.6 Å². The second kappa shape index (κ2) is 6.46. The minimum atomic E-state index is 0.0867. The highest BCUT2D eigenvalue weighted by Gasteiger charge is 2.25. The third kappa shape index (κ3) is 3.55. The van der Waals surface area contributed by atoms with Crippen LogP contribution in [0.4, 0.5) is 0 Å². The van der Waals surface area contributed by atoms with Gasteiger partial charge in [0.05, 0.1) is 0 Å². The lowest BCUT2D eigenvalue weighted by Gasteiger charge is -2.31. The summed E-state index contributed by atoms with van der Waals surface area (Å²) in [5, 5.41) is 4.34. The van der Waals surface area contributed by atoms with Crippen LogP contribution in [0.15, 0.2) is 18.2 Å². The quantitative estimate of drug-likeness (QED) is 0.896. The van der Waals surface area contributed by atoms with Gasteiger partial charge in [0.1, 0.15) is 0 Å². The maximum atomic E-state index is 6.50. The summed E-state index contributed by atoms with van der Waals surface area (Å²) in [5.74, 6) is 0.630. The monoisotopic (exact) mass is 295 g/mol. The molecule has 0 amide bonds. The normalized spacial score (nSPS) is 19.1. The summed E-state index contributed by atoms with van der Waals surface area (Å²) >= 11 is 6.50. The fourth-order valence-corrected chi connectivity index (χ4v) is 3.53. The predicted molar refractivity (Wildman–Crippen MR) is 85.5 cm³/mol. The molecule has 2 nitrogen and oxygen atoms in total. The molecule has 20 heavy (non-hydrogen) atoms. The standard InChI is InChI=1S/C17H26ClNO/c1-17(2,3)14-6-5-13(11-15(14)18)16(19-4)12-7-9-20-10-8-12/h5-6,11-12,16,19H,7-10H2,1-4H3. The fraction of sp³-hybridized carbons (Fsp3) is 0.647. The lowest BCUT2D eigenvalue weighted by Crippen LogP contribution is -2.30. The van der Waals surface area contributed by atoms with E-state index in [2.05, 4.69) is 44.3 Å². The zero-order valence-electron chi connectivity index (χ0n) is 13.0. The number of hydrogen-bond acceptors (Lipinski definition) is 2. The first-order valence-corrected chi connectivity index (χ1v) is 7.86. The number of rotatable bonds is 3. The molecule has 2 rings (SSSR count). The molecule has 1 aromatic rings. The largest absolute Gasteiger partial charge is 0.381 e. The zero-order chi connectivity index (χ0) is 14.8. The lowest BCUT2D eigenvalue weighted by molar-refractivity contribution is 0.0546. The average molecular weight is 296 g/mol. The molecule has 1 unspecified atom stereocenters. The minimum Gasteiger partial charge on any atom is -0.381 e. The van der Waals surface area contributed by atoms with Gasteiger partial charge in [-0.05, 0) is 48.4 Å². The molecule has 1 N–H and O–H groups in total. The van der Waals surface area contributed by atoms with Crippen LogP contribution in [0.5, 0.6) is 0 Å². The van der Waals surface area contributed by atoms with Crippen LogP contribution >= 0.6 is 11.6 Å². The van der Waals surface area contributed by atoms with Gasteiger partial charge in [0, 0.05) is 24.3 Å². The third-order valence-corrected chi connectivity index (χ3v) is 4.52. The first-order chi connectivity index (χ1) is 9.43. The van der Waals surface area contributed by atoms with Crippen molar-refractivity contribution in [2.45, 2.75) is 45.1 Å². The van der Waals surface area contributed by atoms with E-state index in [9.17, 15) is 0 Å². The maximum Gasteiger partial charge on any atom is 0.0469 e. The van der Waals surface area contributed by atoms with E-state index in [0.717, 1.165) is 31.1 Å².